The first-order chi connectivity index (χ1) is 9.15. The number of hydrazone groups is 1. The molecule has 104 valence electrons. The van der Waals surface area contributed by atoms with Crippen molar-refractivity contribution in [2.45, 2.75) is 26.2 Å². The lowest BCUT2D eigenvalue weighted by atomic mass is 10.2. The first kappa shape index (κ1) is 15.5. The molecular formula is C13H17F2N3S. The second-order valence-corrected chi connectivity index (χ2v) is 4.38. The molecule has 0 aliphatic heterocycles. The van der Waals surface area contributed by atoms with Gasteiger partial charge < -0.3 is 5.32 Å². The zero-order chi connectivity index (χ0) is 14.1. The van der Waals surface area contributed by atoms with Gasteiger partial charge in [0.25, 0.3) is 0 Å². The van der Waals surface area contributed by atoms with Gasteiger partial charge in [0.2, 0.25) is 0 Å². The molecule has 19 heavy (non-hydrogen) atoms. The molecule has 0 fully saturated rings. The largest absolute Gasteiger partial charge is 0.361 e. The predicted octanol–water partition coefficient (Wildman–Crippen LogP) is 2.95. The van der Waals surface area contributed by atoms with Gasteiger partial charge in [-0.2, -0.15) is 5.10 Å². The Morgan fingerprint density at radius 1 is 1.32 bits per heavy atom. The summed E-state index contributed by atoms with van der Waals surface area (Å²) >= 11 is 4.96. The molecule has 0 unspecified atom stereocenters. The maximum Gasteiger partial charge on any atom is 0.186 e. The van der Waals surface area contributed by atoms with Crippen LogP contribution in [0.4, 0.5) is 8.78 Å². The van der Waals surface area contributed by atoms with Crippen molar-refractivity contribution in [1.29, 1.82) is 0 Å². The molecule has 1 aromatic rings. The number of nitrogens with one attached hydrogen (secondary N) is 2. The highest BCUT2D eigenvalue weighted by molar-refractivity contribution is 7.80. The molecule has 0 spiro atoms. The Kier molecular flexibility index (Phi) is 6.95. The van der Waals surface area contributed by atoms with Crippen molar-refractivity contribution in [3.8, 4) is 0 Å². The van der Waals surface area contributed by atoms with Crippen LogP contribution in [-0.2, 0) is 0 Å². The van der Waals surface area contributed by atoms with Gasteiger partial charge in [0, 0.05) is 6.54 Å². The monoisotopic (exact) mass is 285 g/mol. The van der Waals surface area contributed by atoms with E-state index < -0.39 is 11.6 Å². The standard InChI is InChI=1S/C13H17F2N3S/c1-2-3-4-8-16-13(19)18-17-9-10-11(14)6-5-7-12(10)15/h5-7,9H,2-4,8H2,1H3,(H2,16,18,19)/b17-9-. The van der Waals surface area contributed by atoms with Gasteiger partial charge in [-0.15, -0.1) is 0 Å². The quantitative estimate of drug-likeness (QED) is 0.365. The molecule has 1 rings (SSSR count). The first-order valence-corrected chi connectivity index (χ1v) is 6.57. The number of thiocarbonyl (C=S) groups is 1. The van der Waals surface area contributed by atoms with Crippen LogP contribution in [0.3, 0.4) is 0 Å². The van der Waals surface area contributed by atoms with E-state index >= 15 is 0 Å². The molecule has 3 nitrogen and oxygen atoms in total. The summed E-state index contributed by atoms with van der Waals surface area (Å²) in [5, 5.41) is 6.99. The second kappa shape index (κ2) is 8.53. The van der Waals surface area contributed by atoms with E-state index in [1.807, 2.05) is 0 Å². The fraction of sp³-hybridized carbons (Fsp3) is 0.385. The maximum absolute atomic E-state index is 13.3. The van der Waals surface area contributed by atoms with E-state index in [9.17, 15) is 8.78 Å². The lowest BCUT2D eigenvalue weighted by molar-refractivity contribution is 0.580. The van der Waals surface area contributed by atoms with Crippen LogP contribution in [0, 0.1) is 11.6 Å². The van der Waals surface area contributed by atoms with E-state index in [4.69, 9.17) is 12.2 Å². The number of benzene rings is 1. The third kappa shape index (κ3) is 5.74. The molecule has 0 aliphatic carbocycles. The Hall–Kier alpha value is -1.56. The minimum Gasteiger partial charge on any atom is -0.361 e. The van der Waals surface area contributed by atoms with E-state index in [-0.39, 0.29) is 5.56 Å². The Bertz CT molecular complexity index is 429. The zero-order valence-electron chi connectivity index (χ0n) is 10.7. The van der Waals surface area contributed by atoms with Crippen molar-refractivity contribution in [3.05, 3.63) is 35.4 Å². The Balaban J connectivity index is 2.39. The highest BCUT2D eigenvalue weighted by Crippen LogP contribution is 2.08. The van der Waals surface area contributed by atoms with Crippen LogP contribution in [0.5, 0.6) is 0 Å². The zero-order valence-corrected chi connectivity index (χ0v) is 11.6. The summed E-state index contributed by atoms with van der Waals surface area (Å²) in [6.07, 6.45) is 4.35. The van der Waals surface area contributed by atoms with Gasteiger partial charge in [-0.1, -0.05) is 25.8 Å². The Morgan fingerprint density at radius 2 is 2.00 bits per heavy atom. The van der Waals surface area contributed by atoms with Crippen LogP contribution in [0.25, 0.3) is 0 Å². The van der Waals surface area contributed by atoms with Gasteiger partial charge in [-0.25, -0.2) is 8.78 Å². The van der Waals surface area contributed by atoms with Gasteiger partial charge in [0.15, 0.2) is 5.11 Å². The summed E-state index contributed by atoms with van der Waals surface area (Å²) in [4.78, 5) is 0. The molecule has 0 amide bonds. The molecular weight excluding hydrogens is 268 g/mol. The Labute approximate surface area is 117 Å². The maximum atomic E-state index is 13.3. The molecule has 0 saturated heterocycles. The number of nitrogens with zero attached hydrogens (tertiary/aromatic N) is 1. The van der Waals surface area contributed by atoms with Gasteiger partial charge in [0.05, 0.1) is 11.8 Å². The van der Waals surface area contributed by atoms with Crippen LogP contribution in [0.2, 0.25) is 0 Å². The molecule has 0 aromatic heterocycles. The van der Waals surface area contributed by atoms with Crippen LogP contribution in [-0.4, -0.2) is 17.9 Å². The third-order valence-corrected chi connectivity index (χ3v) is 2.66. The number of hydrogen-bond donors (Lipinski definition) is 2. The van der Waals surface area contributed by atoms with Crippen LogP contribution >= 0.6 is 12.2 Å². The van der Waals surface area contributed by atoms with E-state index in [1.54, 1.807) is 0 Å². The molecule has 0 saturated carbocycles. The van der Waals surface area contributed by atoms with E-state index in [1.165, 1.54) is 18.2 Å². The summed E-state index contributed by atoms with van der Waals surface area (Å²) < 4.78 is 26.5. The van der Waals surface area contributed by atoms with Crippen molar-refractivity contribution in [1.82, 2.24) is 10.7 Å². The van der Waals surface area contributed by atoms with Gasteiger partial charge in [-0.3, -0.25) is 5.43 Å². The molecule has 0 bridgehead atoms. The summed E-state index contributed by atoms with van der Waals surface area (Å²) in [6, 6.07) is 3.65. The number of hydrogen-bond acceptors (Lipinski definition) is 2. The molecule has 0 aliphatic rings. The number of unbranched alkanes of at least 4 members (excludes halogenated alkanes) is 2. The lowest BCUT2D eigenvalue weighted by Gasteiger charge is -2.06. The fourth-order valence-corrected chi connectivity index (χ4v) is 1.56. The topological polar surface area (TPSA) is 36.4 Å². The van der Waals surface area contributed by atoms with E-state index in [0.717, 1.165) is 32.0 Å². The van der Waals surface area contributed by atoms with Crippen LogP contribution in [0.1, 0.15) is 31.7 Å². The summed E-state index contributed by atoms with van der Waals surface area (Å²) in [7, 11) is 0. The minimum atomic E-state index is -0.660. The van der Waals surface area contributed by atoms with E-state index in [0.29, 0.717) is 5.11 Å². The molecule has 0 heterocycles. The smallest absolute Gasteiger partial charge is 0.186 e. The highest BCUT2D eigenvalue weighted by Gasteiger charge is 2.04. The van der Waals surface area contributed by atoms with Crippen molar-refractivity contribution in [3.63, 3.8) is 0 Å². The third-order valence-electron chi connectivity index (χ3n) is 2.43. The van der Waals surface area contributed by atoms with Crippen molar-refractivity contribution in [2.75, 3.05) is 6.54 Å². The van der Waals surface area contributed by atoms with Crippen LogP contribution < -0.4 is 10.7 Å². The predicted molar refractivity (Wildman–Crippen MR) is 77.2 cm³/mol. The normalized spacial score (nSPS) is 10.7. The molecule has 0 atom stereocenters. The fourth-order valence-electron chi connectivity index (χ4n) is 1.41. The SMILES string of the molecule is CCCCCNC(=S)N/N=C\c1c(F)cccc1F. The Morgan fingerprint density at radius 3 is 2.63 bits per heavy atom. The van der Waals surface area contributed by atoms with Crippen LogP contribution in [0.15, 0.2) is 23.3 Å². The first-order valence-electron chi connectivity index (χ1n) is 6.16. The highest BCUT2D eigenvalue weighted by atomic mass is 32.1. The summed E-state index contributed by atoms with van der Waals surface area (Å²) in [5.41, 5.74) is 2.33. The molecule has 1 aromatic carbocycles. The molecule has 6 heteroatoms. The minimum absolute atomic E-state index is 0.191. The van der Waals surface area contributed by atoms with Crippen molar-refractivity contribution < 1.29 is 8.78 Å². The number of halogens is 2. The lowest BCUT2D eigenvalue weighted by Crippen LogP contribution is -2.32. The van der Waals surface area contributed by atoms with Crippen molar-refractivity contribution >= 4 is 23.5 Å². The molecule has 0 radical (unpaired) electrons. The molecule has 2 N–H and O–H groups in total. The van der Waals surface area contributed by atoms with E-state index in [2.05, 4.69) is 22.8 Å². The number of rotatable bonds is 6. The average molecular weight is 285 g/mol. The average Bonchev–Trinajstić information content (AvgIpc) is 2.38. The van der Waals surface area contributed by atoms with Crippen molar-refractivity contribution in [2.24, 2.45) is 5.10 Å². The van der Waals surface area contributed by atoms with Gasteiger partial charge in [-0.05, 0) is 30.8 Å². The van der Waals surface area contributed by atoms with Gasteiger partial charge >= 0.3 is 0 Å². The second-order valence-electron chi connectivity index (χ2n) is 3.97. The summed E-state index contributed by atoms with van der Waals surface area (Å²) in [5.74, 6) is -1.32. The van der Waals surface area contributed by atoms with Gasteiger partial charge in [0.1, 0.15) is 11.6 Å². The summed E-state index contributed by atoms with van der Waals surface area (Å²) in [6.45, 7) is 2.87.